The Labute approximate surface area is 275 Å². The van der Waals surface area contributed by atoms with Crippen LogP contribution >= 0.6 is 66.1 Å². The number of nitrogens with one attached hydrogen (secondary N) is 1. The Balaban J connectivity index is 0.000000211. The first kappa shape index (κ1) is 33.6. The zero-order valence-electron chi connectivity index (χ0n) is 21.5. The lowest BCUT2D eigenvalue weighted by atomic mass is 10.2. The number of carbonyl (C=O) groups is 2. The molecular formula is C28H22Br2ClF2IN4O4. The van der Waals surface area contributed by atoms with Gasteiger partial charge in [-0.2, -0.15) is 0 Å². The largest absolute Gasteiger partial charge is 0.505 e. The summed E-state index contributed by atoms with van der Waals surface area (Å²) in [6.45, 7) is 0.742. The van der Waals surface area contributed by atoms with Gasteiger partial charge in [-0.25, -0.2) is 18.7 Å². The molecule has 2 aromatic heterocycles. The highest BCUT2D eigenvalue weighted by molar-refractivity contribution is 14.1. The summed E-state index contributed by atoms with van der Waals surface area (Å²) in [7, 11) is 0. The van der Waals surface area contributed by atoms with E-state index >= 15 is 0 Å². The third-order valence-corrected chi connectivity index (χ3v) is 6.28. The Bertz CT molecular complexity index is 1520. The van der Waals surface area contributed by atoms with Crippen molar-refractivity contribution in [2.75, 3.05) is 10.6 Å². The second-order valence-corrected chi connectivity index (χ2v) is 11.9. The molecule has 0 fully saturated rings. The number of aromatic hydroxyl groups is 1. The van der Waals surface area contributed by atoms with E-state index in [9.17, 15) is 23.5 Å². The fourth-order valence-corrected chi connectivity index (χ4v) is 4.06. The molecular weight excluding hydrogens is 816 g/mol. The first-order valence-corrected chi connectivity index (χ1v) is 15.6. The summed E-state index contributed by atoms with van der Waals surface area (Å²) in [6, 6.07) is 18.2. The van der Waals surface area contributed by atoms with E-state index in [4.69, 9.17) is 16.3 Å². The number of hydrogen-bond donors (Lipinski definition) is 2. The number of alkyl halides is 2. The average molecular weight is 839 g/mol. The highest BCUT2D eigenvalue weighted by Crippen LogP contribution is 2.26. The van der Waals surface area contributed by atoms with Crippen LogP contribution in [0.2, 0.25) is 0 Å². The van der Waals surface area contributed by atoms with Gasteiger partial charge in [-0.3, -0.25) is 14.5 Å². The molecule has 0 bridgehead atoms. The van der Waals surface area contributed by atoms with Crippen LogP contribution < -0.4 is 10.1 Å². The van der Waals surface area contributed by atoms with Gasteiger partial charge in [0, 0.05) is 13.1 Å². The fraction of sp³-hybridized carbons (Fsp3) is 0.143. The van der Waals surface area contributed by atoms with Crippen LogP contribution in [0, 0.1) is 11.6 Å². The number of carbonyl (C=O) groups excluding carboxylic acids is 2. The van der Waals surface area contributed by atoms with E-state index in [1.165, 1.54) is 41.3 Å². The molecule has 2 amide bonds. The molecule has 0 aliphatic carbocycles. The van der Waals surface area contributed by atoms with Crippen molar-refractivity contribution in [1.82, 2.24) is 20.2 Å². The molecule has 1 aliphatic rings. The number of nitrogens with zero attached hydrogens (tertiary/aromatic N) is 3. The van der Waals surface area contributed by atoms with Crippen molar-refractivity contribution < 1.29 is 28.2 Å². The van der Waals surface area contributed by atoms with Gasteiger partial charge in [0.05, 0.1) is 3.89 Å². The van der Waals surface area contributed by atoms with Gasteiger partial charge in [0.15, 0.2) is 23.9 Å². The van der Waals surface area contributed by atoms with Gasteiger partial charge in [-0.1, -0.05) is 46.9 Å². The number of halogens is 6. The van der Waals surface area contributed by atoms with Crippen molar-refractivity contribution in [3.8, 4) is 11.5 Å². The number of aromatic nitrogens is 2. The lowest BCUT2D eigenvalue weighted by Gasteiger charge is -2.28. The van der Waals surface area contributed by atoms with Crippen molar-refractivity contribution in [3.63, 3.8) is 0 Å². The molecule has 0 spiro atoms. The molecule has 0 unspecified atom stereocenters. The summed E-state index contributed by atoms with van der Waals surface area (Å²) in [5, 5.41) is 12.1. The van der Waals surface area contributed by atoms with Gasteiger partial charge < -0.3 is 15.2 Å². The Morgan fingerprint density at radius 2 is 1.50 bits per heavy atom. The van der Waals surface area contributed by atoms with Crippen LogP contribution in [0.25, 0.3) is 0 Å². The van der Waals surface area contributed by atoms with Gasteiger partial charge >= 0.3 is 0 Å². The Morgan fingerprint density at radius 3 is 2.12 bits per heavy atom. The Kier molecular flexibility index (Phi) is 13.4. The van der Waals surface area contributed by atoms with Gasteiger partial charge in [0.25, 0.3) is 11.8 Å². The number of ether oxygens (including phenoxy) is 1. The summed E-state index contributed by atoms with van der Waals surface area (Å²) < 4.78 is 32.8. The molecule has 42 heavy (non-hydrogen) atoms. The normalized spacial score (nSPS) is 11.7. The van der Waals surface area contributed by atoms with E-state index in [1.807, 2.05) is 0 Å². The highest BCUT2D eigenvalue weighted by Gasteiger charge is 2.27. The first-order valence-electron chi connectivity index (χ1n) is 11.9. The molecule has 220 valence electrons. The van der Waals surface area contributed by atoms with E-state index in [0.717, 1.165) is 11.1 Å². The van der Waals surface area contributed by atoms with Crippen LogP contribution in [0.5, 0.6) is 11.5 Å². The number of pyridine rings is 2. The van der Waals surface area contributed by atoms with Crippen LogP contribution in [-0.4, -0.2) is 42.4 Å². The number of amides is 2. The minimum atomic E-state index is -0.497. The zero-order valence-corrected chi connectivity index (χ0v) is 27.6. The quantitative estimate of drug-likeness (QED) is 0.125. The summed E-state index contributed by atoms with van der Waals surface area (Å²) in [6.07, 6.45) is 0. The number of rotatable bonds is 5. The van der Waals surface area contributed by atoms with Crippen molar-refractivity contribution in [3.05, 3.63) is 116 Å². The topological polar surface area (TPSA) is 105 Å². The summed E-state index contributed by atoms with van der Waals surface area (Å²) in [4.78, 5) is 33.7. The molecule has 8 nitrogen and oxygen atoms in total. The van der Waals surface area contributed by atoms with Crippen LogP contribution in [0.1, 0.15) is 32.1 Å². The molecule has 2 N–H and O–H groups in total. The van der Waals surface area contributed by atoms with Crippen molar-refractivity contribution in [2.45, 2.75) is 13.1 Å². The second kappa shape index (κ2) is 16.7. The third kappa shape index (κ3) is 10.1. The summed E-state index contributed by atoms with van der Waals surface area (Å²) in [5.74, 6) is -1.04. The van der Waals surface area contributed by atoms with E-state index in [1.54, 1.807) is 36.4 Å². The number of fused-ring (bicyclic) bond motifs is 1. The fourth-order valence-electron chi connectivity index (χ4n) is 3.44. The van der Waals surface area contributed by atoms with Gasteiger partial charge in [0.1, 0.15) is 26.6 Å². The van der Waals surface area contributed by atoms with Gasteiger partial charge in [0.2, 0.25) is 0 Å². The molecule has 14 heteroatoms. The molecule has 3 heterocycles. The Hall–Kier alpha value is -2.88. The minimum absolute atomic E-state index is 0.0588. The Morgan fingerprint density at radius 1 is 0.952 bits per heavy atom. The molecule has 5 rings (SSSR count). The maximum absolute atomic E-state index is 12.9. The van der Waals surface area contributed by atoms with E-state index in [2.05, 4.69) is 69.7 Å². The second-order valence-electron chi connectivity index (χ2n) is 8.30. The maximum atomic E-state index is 12.9. The maximum Gasteiger partial charge on any atom is 0.279 e. The molecule has 0 saturated heterocycles. The molecule has 1 aliphatic heterocycles. The van der Waals surface area contributed by atoms with Crippen LogP contribution in [0.15, 0.2) is 82.0 Å². The monoisotopic (exact) mass is 836 g/mol. The van der Waals surface area contributed by atoms with Crippen molar-refractivity contribution in [2.24, 2.45) is 0 Å². The lowest BCUT2D eigenvalue weighted by Crippen LogP contribution is -2.38. The summed E-state index contributed by atoms with van der Waals surface area (Å²) >= 11 is 13.4. The zero-order chi connectivity index (χ0) is 30.6. The van der Waals surface area contributed by atoms with Gasteiger partial charge in [-0.05, 0) is 91.5 Å². The first-order chi connectivity index (χ1) is 20.1. The molecule has 4 aromatic rings. The van der Waals surface area contributed by atoms with Crippen molar-refractivity contribution in [1.29, 1.82) is 0 Å². The van der Waals surface area contributed by atoms with Crippen LogP contribution in [-0.2, 0) is 13.1 Å². The van der Waals surface area contributed by atoms with Gasteiger partial charge in [-0.15, -0.1) is 11.6 Å². The van der Waals surface area contributed by atoms with E-state index < -0.39 is 5.91 Å². The molecule has 0 saturated carbocycles. The highest BCUT2D eigenvalue weighted by atomic mass is 127. The standard InChI is InChI=1S/C14H10BrFN2O2.C13H10BrFN2O2.CH2ClI/c15-12-6-5-11-13(17-12)14(19)18(8-20-11)7-9-1-3-10(16)4-2-9;14-11-6-5-10(18)12(17-11)13(19)16-7-8-1-3-9(15)4-2-8;2-1-3/h1-6H,7-8H2;1-6,18H,7H2,(H,16,19);1H2. The molecule has 0 radical (unpaired) electrons. The number of hydrogen-bond acceptors (Lipinski definition) is 6. The predicted octanol–water partition coefficient (Wildman–Crippen LogP) is 7.21. The minimum Gasteiger partial charge on any atom is -0.505 e. The predicted molar refractivity (Wildman–Crippen MR) is 170 cm³/mol. The molecule has 0 atom stereocenters. The SMILES string of the molecule is ClCI.O=C(NCc1ccc(F)cc1)c1nc(Br)ccc1O.O=C1c2nc(Br)ccc2OCN1Cc1ccc(F)cc1. The molecule has 2 aromatic carbocycles. The van der Waals surface area contributed by atoms with E-state index in [-0.39, 0.29) is 48.0 Å². The van der Waals surface area contributed by atoms with Crippen LogP contribution in [0.3, 0.4) is 0 Å². The van der Waals surface area contributed by atoms with Crippen LogP contribution in [0.4, 0.5) is 8.78 Å². The van der Waals surface area contributed by atoms with E-state index in [0.29, 0.717) is 25.4 Å². The summed E-state index contributed by atoms with van der Waals surface area (Å²) in [5.41, 5.74) is 1.82. The van der Waals surface area contributed by atoms with Crippen molar-refractivity contribution >= 4 is 77.9 Å². The average Bonchev–Trinajstić information content (AvgIpc) is 2.97. The number of benzene rings is 2. The third-order valence-electron chi connectivity index (χ3n) is 5.40. The lowest BCUT2D eigenvalue weighted by molar-refractivity contribution is 0.0487. The smallest absolute Gasteiger partial charge is 0.279 e.